The number of rotatable bonds is 3. The first-order chi connectivity index (χ1) is 13.3. The second-order valence-corrected chi connectivity index (χ2v) is 10.9. The molecule has 164 valence electrons. The van der Waals surface area contributed by atoms with Gasteiger partial charge in [-0.1, -0.05) is 0 Å². The molecule has 0 aliphatic carbocycles. The van der Waals surface area contributed by atoms with Crippen LogP contribution < -0.4 is 0 Å². The van der Waals surface area contributed by atoms with Gasteiger partial charge in [-0.3, -0.25) is 4.79 Å². The van der Waals surface area contributed by atoms with E-state index in [4.69, 9.17) is 9.47 Å². The molecule has 1 fully saturated rings. The van der Waals surface area contributed by atoms with E-state index in [9.17, 15) is 14.4 Å². The van der Waals surface area contributed by atoms with Gasteiger partial charge in [0.1, 0.15) is 16.9 Å². The first-order valence-electron chi connectivity index (χ1n) is 10.2. The third-order valence-electron chi connectivity index (χ3n) is 4.47. The lowest BCUT2D eigenvalue weighted by molar-refractivity contribution is -0.153. The second kappa shape index (κ2) is 8.98. The molecule has 8 heteroatoms. The van der Waals surface area contributed by atoms with Crippen molar-refractivity contribution in [1.29, 1.82) is 0 Å². The largest absolute Gasteiger partial charge is 0.455 e. The lowest BCUT2D eigenvalue weighted by atomic mass is 10.1. The van der Waals surface area contributed by atoms with Gasteiger partial charge in [0.05, 0.1) is 0 Å². The number of hydrogen-bond donors (Lipinski definition) is 0. The van der Waals surface area contributed by atoms with Crippen molar-refractivity contribution < 1.29 is 23.9 Å². The zero-order chi connectivity index (χ0) is 22.0. The third kappa shape index (κ3) is 6.94. The lowest BCUT2D eigenvalue weighted by Crippen LogP contribution is -2.42. The Morgan fingerprint density at radius 1 is 0.931 bits per heavy atom. The molecule has 0 atom stereocenters. The SMILES string of the molecule is CC(=O)N1CCC(SC2CCN(C(=O)OC(C)(C)C)CC2)=C1C(=O)OC(C)(C)C. The summed E-state index contributed by atoms with van der Waals surface area (Å²) in [6, 6.07) is 0. The minimum absolute atomic E-state index is 0.152. The van der Waals surface area contributed by atoms with Crippen LogP contribution in [-0.2, 0) is 19.1 Å². The maximum absolute atomic E-state index is 12.7. The van der Waals surface area contributed by atoms with Crippen molar-refractivity contribution in [3.05, 3.63) is 10.6 Å². The van der Waals surface area contributed by atoms with Gasteiger partial charge >= 0.3 is 12.1 Å². The molecule has 7 nitrogen and oxygen atoms in total. The first-order valence-corrected chi connectivity index (χ1v) is 11.0. The molecular formula is C21H34N2O5S. The van der Waals surface area contributed by atoms with Gasteiger partial charge in [0, 0.05) is 36.7 Å². The highest BCUT2D eigenvalue weighted by atomic mass is 32.2. The zero-order valence-electron chi connectivity index (χ0n) is 18.7. The average Bonchev–Trinajstić information content (AvgIpc) is 2.96. The monoisotopic (exact) mass is 426 g/mol. The van der Waals surface area contributed by atoms with Crippen LogP contribution in [-0.4, -0.2) is 63.9 Å². The average molecular weight is 427 g/mol. The van der Waals surface area contributed by atoms with Gasteiger partial charge in [-0.05, 0) is 60.8 Å². The van der Waals surface area contributed by atoms with Crippen LogP contribution in [0, 0.1) is 0 Å². The molecule has 0 spiro atoms. The van der Waals surface area contributed by atoms with Crippen molar-refractivity contribution in [2.24, 2.45) is 0 Å². The second-order valence-electron chi connectivity index (χ2n) is 9.48. The van der Waals surface area contributed by atoms with E-state index in [1.54, 1.807) is 16.7 Å². The summed E-state index contributed by atoms with van der Waals surface area (Å²) < 4.78 is 11.0. The molecule has 2 aliphatic rings. The standard InChI is InChI=1S/C21H34N2O5S/c1-14(24)23-13-10-16(17(23)18(25)27-20(2,3)4)29-15-8-11-22(12-9-15)19(26)28-21(5,6)7/h15H,8-13H2,1-7H3. The molecule has 2 aliphatic heterocycles. The van der Waals surface area contributed by atoms with Gasteiger partial charge in [-0.2, -0.15) is 0 Å². The Bertz CT molecular complexity index is 682. The molecule has 29 heavy (non-hydrogen) atoms. The Labute approximate surface area is 178 Å². The van der Waals surface area contributed by atoms with Crippen LogP contribution in [0.1, 0.15) is 67.7 Å². The summed E-state index contributed by atoms with van der Waals surface area (Å²) in [4.78, 5) is 41.2. The van der Waals surface area contributed by atoms with E-state index in [1.807, 2.05) is 41.5 Å². The Morgan fingerprint density at radius 2 is 1.48 bits per heavy atom. The first kappa shape index (κ1) is 23.6. The number of nitrogens with zero attached hydrogens (tertiary/aromatic N) is 2. The van der Waals surface area contributed by atoms with Crippen LogP contribution in [0.4, 0.5) is 4.79 Å². The number of carbonyl (C=O) groups excluding carboxylic acids is 3. The van der Waals surface area contributed by atoms with Crippen LogP contribution in [0.15, 0.2) is 10.6 Å². The number of likely N-dealkylation sites (tertiary alicyclic amines) is 1. The van der Waals surface area contributed by atoms with Crippen LogP contribution in [0.3, 0.4) is 0 Å². The fourth-order valence-electron chi connectivity index (χ4n) is 3.26. The van der Waals surface area contributed by atoms with E-state index in [0.717, 1.165) is 17.7 Å². The Hall–Kier alpha value is -1.70. The summed E-state index contributed by atoms with van der Waals surface area (Å²) in [6.07, 6.45) is 2.01. The molecule has 1 saturated heterocycles. The minimum Gasteiger partial charge on any atom is -0.455 e. The fraction of sp³-hybridized carbons (Fsp3) is 0.762. The predicted molar refractivity (Wildman–Crippen MR) is 113 cm³/mol. The number of thioether (sulfide) groups is 1. The number of carbonyl (C=O) groups is 3. The normalized spacial score (nSPS) is 18.9. The molecule has 2 heterocycles. The summed E-state index contributed by atoms with van der Waals surface area (Å²) in [5.74, 6) is -0.597. The van der Waals surface area contributed by atoms with E-state index in [1.165, 1.54) is 11.8 Å². The molecule has 2 rings (SSSR count). The molecule has 2 amide bonds. The van der Waals surface area contributed by atoms with Gasteiger partial charge in [0.25, 0.3) is 0 Å². The lowest BCUT2D eigenvalue weighted by Gasteiger charge is -2.33. The summed E-state index contributed by atoms with van der Waals surface area (Å²) in [5.41, 5.74) is -0.744. The predicted octanol–water partition coefficient (Wildman–Crippen LogP) is 3.92. The van der Waals surface area contributed by atoms with Gasteiger partial charge in [-0.25, -0.2) is 9.59 Å². The summed E-state index contributed by atoms with van der Waals surface area (Å²) in [6.45, 7) is 14.3. The molecule has 0 radical (unpaired) electrons. The minimum atomic E-state index is -0.621. The number of esters is 1. The molecule has 0 aromatic carbocycles. The third-order valence-corrected chi connectivity index (χ3v) is 5.96. The Kier molecular flexibility index (Phi) is 7.30. The molecule has 0 saturated carbocycles. The van der Waals surface area contributed by atoms with Crippen molar-refractivity contribution in [3.63, 3.8) is 0 Å². The van der Waals surface area contributed by atoms with Crippen molar-refractivity contribution in [2.75, 3.05) is 19.6 Å². The van der Waals surface area contributed by atoms with Crippen LogP contribution in [0.2, 0.25) is 0 Å². The highest BCUT2D eigenvalue weighted by Crippen LogP contribution is 2.39. The number of ether oxygens (including phenoxy) is 2. The molecule has 0 N–H and O–H groups in total. The smallest absolute Gasteiger partial charge is 0.410 e. The van der Waals surface area contributed by atoms with E-state index in [0.29, 0.717) is 31.8 Å². The Morgan fingerprint density at radius 3 is 1.97 bits per heavy atom. The van der Waals surface area contributed by atoms with Crippen LogP contribution >= 0.6 is 11.8 Å². The van der Waals surface area contributed by atoms with Gasteiger partial charge < -0.3 is 19.3 Å². The molecule has 0 bridgehead atoms. The van der Waals surface area contributed by atoms with Crippen molar-refractivity contribution in [1.82, 2.24) is 9.80 Å². The van der Waals surface area contributed by atoms with E-state index >= 15 is 0 Å². The van der Waals surface area contributed by atoms with Crippen LogP contribution in [0.25, 0.3) is 0 Å². The number of amides is 2. The zero-order valence-corrected chi connectivity index (χ0v) is 19.5. The Balaban J connectivity index is 2.04. The molecule has 0 aromatic rings. The highest BCUT2D eigenvalue weighted by Gasteiger charge is 2.36. The topological polar surface area (TPSA) is 76.2 Å². The fourth-order valence-corrected chi connectivity index (χ4v) is 4.62. The molecule has 0 unspecified atom stereocenters. The summed E-state index contributed by atoms with van der Waals surface area (Å²) in [7, 11) is 0. The van der Waals surface area contributed by atoms with Crippen molar-refractivity contribution in [2.45, 2.75) is 84.2 Å². The van der Waals surface area contributed by atoms with Gasteiger partial charge in [0.15, 0.2) is 0 Å². The van der Waals surface area contributed by atoms with Crippen molar-refractivity contribution >= 4 is 29.7 Å². The highest BCUT2D eigenvalue weighted by molar-refractivity contribution is 8.03. The summed E-state index contributed by atoms with van der Waals surface area (Å²) in [5, 5.41) is 0.285. The van der Waals surface area contributed by atoms with E-state index in [-0.39, 0.29) is 17.3 Å². The molecular weight excluding hydrogens is 392 g/mol. The van der Waals surface area contributed by atoms with Crippen molar-refractivity contribution in [3.8, 4) is 0 Å². The summed E-state index contributed by atoms with van der Waals surface area (Å²) >= 11 is 1.64. The van der Waals surface area contributed by atoms with E-state index in [2.05, 4.69) is 0 Å². The maximum Gasteiger partial charge on any atom is 0.410 e. The van der Waals surface area contributed by atoms with Gasteiger partial charge in [-0.15, -0.1) is 11.8 Å². The number of hydrogen-bond acceptors (Lipinski definition) is 6. The van der Waals surface area contributed by atoms with Crippen LogP contribution in [0.5, 0.6) is 0 Å². The number of piperidine rings is 1. The van der Waals surface area contributed by atoms with Gasteiger partial charge in [0.2, 0.25) is 5.91 Å². The van der Waals surface area contributed by atoms with E-state index < -0.39 is 17.2 Å². The maximum atomic E-state index is 12.7. The molecule has 0 aromatic heterocycles. The quantitative estimate of drug-likeness (QED) is 0.637.